The van der Waals surface area contributed by atoms with Crippen LogP contribution in [0.3, 0.4) is 0 Å². The molecule has 1 saturated heterocycles. The first-order valence-electron chi connectivity index (χ1n) is 10.5. The second kappa shape index (κ2) is 9.25. The lowest BCUT2D eigenvalue weighted by Crippen LogP contribution is -2.44. The SMILES string of the molecule is O=C(Nc1ccccc1-c1ncc(-c2ccccc2)s1)c1cc(N2CCNCC2)ncn1. The zero-order valence-electron chi connectivity index (χ0n) is 17.4. The number of para-hydroxylation sites is 1. The molecule has 2 N–H and O–H groups in total. The molecule has 1 fully saturated rings. The van der Waals surface area contributed by atoms with Crippen LogP contribution in [0, 0.1) is 0 Å². The smallest absolute Gasteiger partial charge is 0.274 e. The van der Waals surface area contributed by atoms with Gasteiger partial charge in [0.2, 0.25) is 0 Å². The molecule has 2 aromatic heterocycles. The Kier molecular flexibility index (Phi) is 5.87. The molecule has 32 heavy (non-hydrogen) atoms. The molecule has 8 heteroatoms. The number of rotatable bonds is 5. The Balaban J connectivity index is 1.38. The van der Waals surface area contributed by atoms with Crippen molar-refractivity contribution in [2.24, 2.45) is 0 Å². The normalized spacial score (nSPS) is 13.7. The maximum Gasteiger partial charge on any atom is 0.274 e. The first-order valence-corrected chi connectivity index (χ1v) is 11.3. The third-order valence-electron chi connectivity index (χ3n) is 5.30. The van der Waals surface area contributed by atoms with Gasteiger partial charge in [0.1, 0.15) is 22.8 Å². The Bertz CT molecular complexity index is 1220. The van der Waals surface area contributed by atoms with E-state index in [1.807, 2.05) is 48.7 Å². The van der Waals surface area contributed by atoms with Crippen molar-refractivity contribution in [1.82, 2.24) is 20.3 Å². The van der Waals surface area contributed by atoms with Gasteiger partial charge in [-0.3, -0.25) is 4.79 Å². The highest BCUT2D eigenvalue weighted by atomic mass is 32.1. The van der Waals surface area contributed by atoms with E-state index in [4.69, 9.17) is 0 Å². The average Bonchev–Trinajstić information content (AvgIpc) is 3.36. The molecular weight excluding hydrogens is 420 g/mol. The van der Waals surface area contributed by atoms with Crippen molar-refractivity contribution in [3.63, 3.8) is 0 Å². The summed E-state index contributed by atoms with van der Waals surface area (Å²) in [6.45, 7) is 3.51. The van der Waals surface area contributed by atoms with Gasteiger partial charge in [0.25, 0.3) is 5.91 Å². The molecule has 0 unspecified atom stereocenters. The van der Waals surface area contributed by atoms with E-state index in [2.05, 4.69) is 42.6 Å². The summed E-state index contributed by atoms with van der Waals surface area (Å²) in [6, 6.07) is 19.6. The van der Waals surface area contributed by atoms with Gasteiger partial charge in [0.05, 0.1) is 10.6 Å². The fourth-order valence-electron chi connectivity index (χ4n) is 3.64. The molecule has 1 amide bonds. The standard InChI is InChI=1S/C24H22N6OS/c31-23(20-14-22(28-16-27-20)30-12-10-25-11-13-30)29-19-9-5-4-8-18(19)24-26-15-21(32-24)17-6-2-1-3-7-17/h1-9,14-16,25H,10-13H2,(H,29,31). The second-order valence-electron chi connectivity index (χ2n) is 7.39. The molecule has 1 aliphatic rings. The lowest BCUT2D eigenvalue weighted by atomic mass is 10.2. The van der Waals surface area contributed by atoms with Crippen molar-refractivity contribution in [1.29, 1.82) is 0 Å². The third-order valence-corrected chi connectivity index (χ3v) is 6.38. The average molecular weight is 443 g/mol. The van der Waals surface area contributed by atoms with Gasteiger partial charge in [-0.25, -0.2) is 15.0 Å². The van der Waals surface area contributed by atoms with Crippen LogP contribution in [0.2, 0.25) is 0 Å². The molecule has 0 saturated carbocycles. The van der Waals surface area contributed by atoms with Crippen molar-refractivity contribution < 1.29 is 4.79 Å². The predicted octanol–water partition coefficient (Wildman–Crippen LogP) is 3.93. The van der Waals surface area contributed by atoms with Gasteiger partial charge in [0, 0.05) is 44.0 Å². The fraction of sp³-hybridized carbons (Fsp3) is 0.167. The van der Waals surface area contributed by atoms with Gasteiger partial charge in [-0.1, -0.05) is 42.5 Å². The number of piperazine rings is 1. The summed E-state index contributed by atoms with van der Waals surface area (Å²) in [5, 5.41) is 7.18. The summed E-state index contributed by atoms with van der Waals surface area (Å²) in [5.41, 5.74) is 3.05. The number of nitrogens with one attached hydrogen (secondary N) is 2. The Hall–Kier alpha value is -3.62. The van der Waals surface area contributed by atoms with Crippen molar-refractivity contribution in [3.8, 4) is 21.0 Å². The molecule has 0 spiro atoms. The van der Waals surface area contributed by atoms with Gasteiger partial charge in [0.15, 0.2) is 0 Å². The Morgan fingerprint density at radius 2 is 1.75 bits per heavy atom. The molecule has 0 aliphatic carbocycles. The van der Waals surface area contributed by atoms with Crippen LogP contribution in [0.25, 0.3) is 21.0 Å². The number of anilines is 2. The van der Waals surface area contributed by atoms with Gasteiger partial charge < -0.3 is 15.5 Å². The first-order chi connectivity index (χ1) is 15.8. The molecule has 2 aromatic carbocycles. The molecule has 4 aromatic rings. The predicted molar refractivity (Wildman–Crippen MR) is 128 cm³/mol. The van der Waals surface area contributed by atoms with Crippen LogP contribution in [-0.2, 0) is 0 Å². The second-order valence-corrected chi connectivity index (χ2v) is 8.42. The summed E-state index contributed by atoms with van der Waals surface area (Å²) < 4.78 is 0. The number of aromatic nitrogens is 3. The van der Waals surface area contributed by atoms with Crippen molar-refractivity contribution in [3.05, 3.63) is 78.9 Å². The minimum Gasteiger partial charge on any atom is -0.354 e. The number of carbonyl (C=O) groups excluding carboxylic acids is 1. The topological polar surface area (TPSA) is 83.0 Å². The van der Waals surface area contributed by atoms with E-state index in [0.29, 0.717) is 11.4 Å². The van der Waals surface area contributed by atoms with Crippen LogP contribution in [0.1, 0.15) is 10.5 Å². The molecule has 160 valence electrons. The van der Waals surface area contributed by atoms with E-state index < -0.39 is 0 Å². The van der Waals surface area contributed by atoms with E-state index in [1.54, 1.807) is 17.4 Å². The zero-order valence-corrected chi connectivity index (χ0v) is 18.2. The number of carbonyl (C=O) groups is 1. The van der Waals surface area contributed by atoms with Gasteiger partial charge in [-0.2, -0.15) is 0 Å². The molecule has 0 atom stereocenters. The number of thiazole rings is 1. The van der Waals surface area contributed by atoms with Gasteiger partial charge >= 0.3 is 0 Å². The Morgan fingerprint density at radius 3 is 2.59 bits per heavy atom. The van der Waals surface area contributed by atoms with Crippen LogP contribution in [0.5, 0.6) is 0 Å². The van der Waals surface area contributed by atoms with E-state index in [9.17, 15) is 4.79 Å². The summed E-state index contributed by atoms with van der Waals surface area (Å²) in [6.07, 6.45) is 3.32. The monoisotopic (exact) mass is 442 g/mol. The van der Waals surface area contributed by atoms with Crippen LogP contribution in [-0.4, -0.2) is 47.0 Å². The Morgan fingerprint density at radius 1 is 0.969 bits per heavy atom. The van der Waals surface area contributed by atoms with Crippen LogP contribution >= 0.6 is 11.3 Å². The Labute approximate surface area is 190 Å². The highest BCUT2D eigenvalue weighted by Gasteiger charge is 2.17. The van der Waals surface area contributed by atoms with Crippen molar-refractivity contribution in [2.45, 2.75) is 0 Å². The van der Waals surface area contributed by atoms with Crippen LogP contribution in [0.15, 0.2) is 73.2 Å². The molecule has 0 bridgehead atoms. The molecule has 1 aliphatic heterocycles. The summed E-state index contributed by atoms with van der Waals surface area (Å²) in [7, 11) is 0. The summed E-state index contributed by atoms with van der Waals surface area (Å²) in [4.78, 5) is 29.4. The zero-order chi connectivity index (χ0) is 21.8. The molecule has 0 radical (unpaired) electrons. The number of hydrogen-bond acceptors (Lipinski definition) is 7. The summed E-state index contributed by atoms with van der Waals surface area (Å²) in [5.74, 6) is 0.503. The van der Waals surface area contributed by atoms with Crippen LogP contribution in [0.4, 0.5) is 11.5 Å². The third kappa shape index (κ3) is 4.37. The van der Waals surface area contributed by atoms with E-state index in [0.717, 1.165) is 53.0 Å². The highest BCUT2D eigenvalue weighted by Crippen LogP contribution is 2.35. The van der Waals surface area contributed by atoms with E-state index in [1.165, 1.54) is 6.33 Å². The quantitative estimate of drug-likeness (QED) is 0.487. The maximum atomic E-state index is 13.0. The fourth-order valence-corrected chi connectivity index (χ4v) is 4.60. The van der Waals surface area contributed by atoms with Crippen molar-refractivity contribution in [2.75, 3.05) is 36.4 Å². The molecule has 5 rings (SSSR count). The van der Waals surface area contributed by atoms with Gasteiger partial charge in [-0.15, -0.1) is 11.3 Å². The number of hydrogen-bond donors (Lipinski definition) is 2. The van der Waals surface area contributed by atoms with Crippen molar-refractivity contribution >= 4 is 28.7 Å². The lowest BCUT2D eigenvalue weighted by Gasteiger charge is -2.28. The van der Waals surface area contributed by atoms with E-state index in [-0.39, 0.29) is 5.91 Å². The van der Waals surface area contributed by atoms with Gasteiger partial charge in [-0.05, 0) is 17.7 Å². The highest BCUT2D eigenvalue weighted by molar-refractivity contribution is 7.18. The number of benzene rings is 2. The lowest BCUT2D eigenvalue weighted by molar-refractivity contribution is 0.102. The molecule has 7 nitrogen and oxygen atoms in total. The number of nitrogens with zero attached hydrogens (tertiary/aromatic N) is 4. The minimum atomic E-state index is -0.268. The first kappa shape index (κ1) is 20.3. The summed E-state index contributed by atoms with van der Waals surface area (Å²) >= 11 is 1.60. The maximum absolute atomic E-state index is 13.0. The number of amides is 1. The largest absolute Gasteiger partial charge is 0.354 e. The van der Waals surface area contributed by atoms with E-state index >= 15 is 0 Å². The molecular formula is C24H22N6OS. The minimum absolute atomic E-state index is 0.268. The van der Waals surface area contributed by atoms with Crippen LogP contribution < -0.4 is 15.5 Å². The molecule has 3 heterocycles.